The lowest BCUT2D eigenvalue weighted by Gasteiger charge is -2.13. The highest BCUT2D eigenvalue weighted by Gasteiger charge is 2.20. The van der Waals surface area contributed by atoms with Gasteiger partial charge in [-0.3, -0.25) is 4.79 Å². The molecule has 1 atom stereocenters. The van der Waals surface area contributed by atoms with E-state index in [0.717, 1.165) is 16.0 Å². The van der Waals surface area contributed by atoms with Crippen molar-refractivity contribution in [3.8, 4) is 0 Å². The molecule has 5 heteroatoms. The molecule has 0 bridgehead atoms. The number of hydrogen-bond acceptors (Lipinski definition) is 4. The van der Waals surface area contributed by atoms with Crippen molar-refractivity contribution >= 4 is 28.2 Å². The topological polar surface area (TPSA) is 55.4 Å². The van der Waals surface area contributed by atoms with Gasteiger partial charge in [-0.15, -0.1) is 11.3 Å². The number of amides is 1. The summed E-state index contributed by atoms with van der Waals surface area (Å²) in [7, 11) is 0. The van der Waals surface area contributed by atoms with Gasteiger partial charge < -0.3 is 14.2 Å². The van der Waals surface area contributed by atoms with Crippen LogP contribution in [0.15, 0.2) is 75.1 Å². The lowest BCUT2D eigenvalue weighted by atomic mass is 10.0. The molecule has 0 aliphatic carbocycles. The first-order chi connectivity index (χ1) is 11.8. The minimum atomic E-state index is -0.223. The average Bonchev–Trinajstić information content (AvgIpc) is 3.35. The number of hydrogen-bond donors (Lipinski definition) is 1. The van der Waals surface area contributed by atoms with Crippen LogP contribution >= 0.6 is 11.3 Å². The second-order valence-electron chi connectivity index (χ2n) is 5.44. The first-order valence-electron chi connectivity index (χ1n) is 7.65. The SMILES string of the molecule is O=C(NC[C@@H](c1ccco1)c1cccs1)c1cc2ccccc2o1. The molecule has 4 aromatic rings. The summed E-state index contributed by atoms with van der Waals surface area (Å²) in [4.78, 5) is 13.6. The largest absolute Gasteiger partial charge is 0.469 e. The molecular formula is C19H15NO3S. The first kappa shape index (κ1) is 14.8. The van der Waals surface area contributed by atoms with E-state index in [4.69, 9.17) is 8.83 Å². The minimum Gasteiger partial charge on any atom is -0.469 e. The highest BCUT2D eigenvalue weighted by molar-refractivity contribution is 7.10. The molecule has 3 heterocycles. The van der Waals surface area contributed by atoms with E-state index in [2.05, 4.69) is 5.32 Å². The van der Waals surface area contributed by atoms with Crippen molar-refractivity contribution in [2.45, 2.75) is 5.92 Å². The standard InChI is InChI=1S/C19H15NO3S/c21-19(17-11-13-5-1-2-6-15(13)23-17)20-12-14(16-7-3-9-22-16)18-8-4-10-24-18/h1-11,14H,12H2,(H,20,21)/t14-/m0/s1. The van der Waals surface area contributed by atoms with Crippen molar-refractivity contribution in [3.63, 3.8) is 0 Å². The molecule has 1 aromatic carbocycles. The number of rotatable bonds is 5. The second-order valence-corrected chi connectivity index (χ2v) is 6.42. The van der Waals surface area contributed by atoms with Gasteiger partial charge in [-0.1, -0.05) is 24.3 Å². The van der Waals surface area contributed by atoms with E-state index in [9.17, 15) is 4.79 Å². The van der Waals surface area contributed by atoms with Crippen LogP contribution in [0.3, 0.4) is 0 Å². The van der Waals surface area contributed by atoms with Crippen LogP contribution in [0.5, 0.6) is 0 Å². The molecular weight excluding hydrogens is 322 g/mol. The minimum absolute atomic E-state index is 0.00618. The number of thiophene rings is 1. The van der Waals surface area contributed by atoms with Gasteiger partial charge in [0.1, 0.15) is 11.3 Å². The third-order valence-electron chi connectivity index (χ3n) is 3.89. The van der Waals surface area contributed by atoms with Gasteiger partial charge in [0.25, 0.3) is 5.91 Å². The van der Waals surface area contributed by atoms with Crippen molar-refractivity contribution in [1.29, 1.82) is 0 Å². The zero-order valence-electron chi connectivity index (χ0n) is 12.8. The third kappa shape index (κ3) is 2.86. The monoisotopic (exact) mass is 337 g/mol. The predicted octanol–water partition coefficient (Wildman–Crippen LogP) is 4.65. The van der Waals surface area contributed by atoms with Crippen LogP contribution in [0, 0.1) is 0 Å². The van der Waals surface area contributed by atoms with Gasteiger partial charge in [0, 0.05) is 16.8 Å². The Morgan fingerprint density at radius 1 is 1.12 bits per heavy atom. The van der Waals surface area contributed by atoms with E-state index >= 15 is 0 Å². The molecule has 0 unspecified atom stereocenters. The Balaban J connectivity index is 1.52. The van der Waals surface area contributed by atoms with Gasteiger partial charge in [-0.2, -0.15) is 0 Å². The lowest BCUT2D eigenvalue weighted by Crippen LogP contribution is -2.28. The molecule has 0 spiro atoms. The van der Waals surface area contributed by atoms with E-state index in [1.54, 1.807) is 23.7 Å². The van der Waals surface area contributed by atoms with Crippen LogP contribution < -0.4 is 5.32 Å². The van der Waals surface area contributed by atoms with Crippen LogP contribution in [0.4, 0.5) is 0 Å². The smallest absolute Gasteiger partial charge is 0.287 e. The van der Waals surface area contributed by atoms with Crippen molar-refractivity contribution in [2.75, 3.05) is 6.54 Å². The Morgan fingerprint density at radius 2 is 2.04 bits per heavy atom. The van der Waals surface area contributed by atoms with Gasteiger partial charge in [-0.05, 0) is 35.7 Å². The van der Waals surface area contributed by atoms with Crippen LogP contribution in [0.2, 0.25) is 0 Å². The number of carbonyl (C=O) groups excluding carboxylic acids is 1. The Labute approximate surface area is 142 Å². The molecule has 0 aliphatic heterocycles. The van der Waals surface area contributed by atoms with Crippen molar-refractivity contribution < 1.29 is 13.6 Å². The molecule has 1 amide bonds. The molecule has 0 aliphatic rings. The van der Waals surface area contributed by atoms with Gasteiger partial charge >= 0.3 is 0 Å². The molecule has 4 nitrogen and oxygen atoms in total. The predicted molar refractivity (Wildman–Crippen MR) is 93.4 cm³/mol. The van der Waals surface area contributed by atoms with E-state index in [1.807, 2.05) is 53.9 Å². The summed E-state index contributed by atoms with van der Waals surface area (Å²) in [5.41, 5.74) is 0.712. The zero-order chi connectivity index (χ0) is 16.4. The zero-order valence-corrected chi connectivity index (χ0v) is 13.6. The quantitative estimate of drug-likeness (QED) is 0.577. The first-order valence-corrected chi connectivity index (χ1v) is 8.53. The second kappa shape index (κ2) is 6.37. The van der Waals surface area contributed by atoms with Crippen LogP contribution in [-0.4, -0.2) is 12.5 Å². The molecule has 4 rings (SSSR count). The number of carbonyl (C=O) groups is 1. The molecule has 0 fully saturated rings. The highest BCUT2D eigenvalue weighted by atomic mass is 32.1. The molecule has 0 saturated carbocycles. The summed E-state index contributed by atoms with van der Waals surface area (Å²) >= 11 is 1.65. The summed E-state index contributed by atoms with van der Waals surface area (Å²) in [5.74, 6) is 0.926. The van der Waals surface area contributed by atoms with Crippen LogP contribution in [0.1, 0.15) is 27.1 Å². The van der Waals surface area contributed by atoms with Gasteiger partial charge in [0.15, 0.2) is 5.76 Å². The highest BCUT2D eigenvalue weighted by Crippen LogP contribution is 2.28. The normalized spacial score (nSPS) is 12.3. The van der Waals surface area contributed by atoms with Crippen molar-refractivity contribution in [3.05, 3.63) is 82.6 Å². The Kier molecular flexibility index (Phi) is 3.92. The molecule has 120 valence electrons. The van der Waals surface area contributed by atoms with Crippen LogP contribution in [-0.2, 0) is 0 Å². The lowest BCUT2D eigenvalue weighted by molar-refractivity contribution is 0.0926. The van der Waals surface area contributed by atoms with Gasteiger partial charge in [0.2, 0.25) is 0 Å². The summed E-state index contributed by atoms with van der Waals surface area (Å²) < 4.78 is 11.1. The van der Waals surface area contributed by atoms with Crippen LogP contribution in [0.25, 0.3) is 11.0 Å². The molecule has 1 N–H and O–H groups in total. The molecule has 24 heavy (non-hydrogen) atoms. The van der Waals surface area contributed by atoms with E-state index in [1.165, 1.54) is 0 Å². The maximum atomic E-state index is 12.4. The number of nitrogens with one attached hydrogen (secondary N) is 1. The summed E-state index contributed by atoms with van der Waals surface area (Å²) in [6, 6.07) is 17.2. The maximum Gasteiger partial charge on any atom is 0.287 e. The fourth-order valence-corrected chi connectivity index (χ4v) is 3.53. The van der Waals surface area contributed by atoms with Crippen molar-refractivity contribution in [1.82, 2.24) is 5.32 Å². The van der Waals surface area contributed by atoms with E-state index < -0.39 is 0 Å². The van der Waals surface area contributed by atoms with E-state index in [-0.39, 0.29) is 11.8 Å². The summed E-state index contributed by atoms with van der Waals surface area (Å²) in [6.45, 7) is 0.448. The number of furan rings is 2. The van der Waals surface area contributed by atoms with Gasteiger partial charge in [-0.25, -0.2) is 0 Å². The Bertz CT molecular complexity index is 871. The fourth-order valence-electron chi connectivity index (χ4n) is 2.70. The number of para-hydroxylation sites is 1. The van der Waals surface area contributed by atoms with Crippen molar-refractivity contribution in [2.24, 2.45) is 0 Å². The number of benzene rings is 1. The van der Waals surface area contributed by atoms with E-state index in [0.29, 0.717) is 17.9 Å². The number of fused-ring (bicyclic) bond motifs is 1. The maximum absolute atomic E-state index is 12.4. The molecule has 0 radical (unpaired) electrons. The molecule has 0 saturated heterocycles. The fraction of sp³-hybridized carbons (Fsp3) is 0.105. The average molecular weight is 337 g/mol. The Hall–Kier alpha value is -2.79. The summed E-state index contributed by atoms with van der Waals surface area (Å²) in [5, 5.41) is 5.89. The third-order valence-corrected chi connectivity index (χ3v) is 4.88. The molecule has 3 aromatic heterocycles. The van der Waals surface area contributed by atoms with Gasteiger partial charge in [0.05, 0.1) is 12.2 Å². The summed E-state index contributed by atoms with van der Waals surface area (Å²) in [6.07, 6.45) is 1.65. The Morgan fingerprint density at radius 3 is 2.79 bits per heavy atom.